The van der Waals surface area contributed by atoms with Gasteiger partial charge >= 0.3 is 0 Å². The SMILES string of the molecule is CCOc1ccc(CCNC(=O)Cn2cncn2)cc1OCC. The van der Waals surface area contributed by atoms with Crippen LogP contribution in [0.15, 0.2) is 30.9 Å². The van der Waals surface area contributed by atoms with Crippen LogP contribution in [0.1, 0.15) is 19.4 Å². The zero-order valence-electron chi connectivity index (χ0n) is 13.5. The molecule has 1 heterocycles. The van der Waals surface area contributed by atoms with E-state index in [1.807, 2.05) is 32.0 Å². The maximum absolute atomic E-state index is 11.8. The summed E-state index contributed by atoms with van der Waals surface area (Å²) >= 11 is 0. The molecule has 0 spiro atoms. The number of hydrogen-bond acceptors (Lipinski definition) is 5. The number of nitrogens with one attached hydrogen (secondary N) is 1. The highest BCUT2D eigenvalue weighted by Crippen LogP contribution is 2.28. The molecule has 0 saturated carbocycles. The fourth-order valence-corrected chi connectivity index (χ4v) is 2.11. The first kappa shape index (κ1) is 16.8. The molecule has 2 rings (SSSR count). The summed E-state index contributed by atoms with van der Waals surface area (Å²) in [4.78, 5) is 15.6. The van der Waals surface area contributed by atoms with Crippen molar-refractivity contribution in [3.63, 3.8) is 0 Å². The van der Waals surface area contributed by atoms with Gasteiger partial charge in [-0.05, 0) is 38.0 Å². The van der Waals surface area contributed by atoms with Gasteiger partial charge in [-0.15, -0.1) is 0 Å². The average molecular weight is 318 g/mol. The van der Waals surface area contributed by atoms with Crippen LogP contribution in [0.2, 0.25) is 0 Å². The summed E-state index contributed by atoms with van der Waals surface area (Å²) in [6.07, 6.45) is 3.64. The van der Waals surface area contributed by atoms with Crippen molar-refractivity contribution < 1.29 is 14.3 Å². The molecule has 1 aromatic carbocycles. The van der Waals surface area contributed by atoms with Gasteiger partial charge in [0, 0.05) is 6.54 Å². The largest absolute Gasteiger partial charge is 0.490 e. The van der Waals surface area contributed by atoms with Crippen LogP contribution in [0.25, 0.3) is 0 Å². The van der Waals surface area contributed by atoms with E-state index in [1.165, 1.54) is 17.3 Å². The van der Waals surface area contributed by atoms with Gasteiger partial charge in [0.05, 0.1) is 13.2 Å². The van der Waals surface area contributed by atoms with Crippen molar-refractivity contribution in [1.82, 2.24) is 20.1 Å². The average Bonchev–Trinajstić information content (AvgIpc) is 3.03. The number of amides is 1. The number of ether oxygens (including phenoxy) is 2. The molecule has 0 aliphatic heterocycles. The van der Waals surface area contributed by atoms with Crippen molar-refractivity contribution >= 4 is 5.91 Å². The molecule has 0 bridgehead atoms. The molecule has 0 aliphatic rings. The van der Waals surface area contributed by atoms with Crippen molar-refractivity contribution in [1.29, 1.82) is 0 Å². The van der Waals surface area contributed by atoms with Crippen LogP contribution >= 0.6 is 0 Å². The molecule has 0 saturated heterocycles. The standard InChI is InChI=1S/C16H22N4O3/c1-3-22-14-6-5-13(9-15(14)23-4-2)7-8-18-16(21)10-20-12-17-11-19-20/h5-6,9,11-12H,3-4,7-8,10H2,1-2H3,(H,18,21). The van der Waals surface area contributed by atoms with Crippen molar-refractivity contribution in [2.24, 2.45) is 0 Å². The van der Waals surface area contributed by atoms with Gasteiger partial charge in [-0.1, -0.05) is 6.07 Å². The molecular weight excluding hydrogens is 296 g/mol. The van der Waals surface area contributed by atoms with Crippen LogP contribution in [-0.2, 0) is 17.8 Å². The van der Waals surface area contributed by atoms with Crippen molar-refractivity contribution in [2.75, 3.05) is 19.8 Å². The number of carbonyl (C=O) groups excluding carboxylic acids is 1. The Kier molecular flexibility index (Phi) is 6.40. The Balaban J connectivity index is 1.85. The lowest BCUT2D eigenvalue weighted by molar-refractivity contribution is -0.121. The third-order valence-corrected chi connectivity index (χ3v) is 3.12. The smallest absolute Gasteiger partial charge is 0.241 e. The van der Waals surface area contributed by atoms with Crippen LogP contribution in [0, 0.1) is 0 Å². The molecule has 1 aromatic heterocycles. The van der Waals surface area contributed by atoms with E-state index in [0.29, 0.717) is 19.8 Å². The van der Waals surface area contributed by atoms with Gasteiger partial charge in [0.15, 0.2) is 11.5 Å². The van der Waals surface area contributed by atoms with Crippen LogP contribution < -0.4 is 14.8 Å². The summed E-state index contributed by atoms with van der Waals surface area (Å²) in [5.74, 6) is 1.39. The second-order valence-electron chi connectivity index (χ2n) is 4.84. The normalized spacial score (nSPS) is 10.3. The molecular formula is C16H22N4O3. The Morgan fingerprint density at radius 1 is 1.22 bits per heavy atom. The van der Waals surface area contributed by atoms with Crippen molar-refractivity contribution in [3.8, 4) is 11.5 Å². The summed E-state index contributed by atoms with van der Waals surface area (Å²) in [6, 6.07) is 5.84. The Morgan fingerprint density at radius 3 is 2.70 bits per heavy atom. The van der Waals surface area contributed by atoms with Crippen molar-refractivity contribution in [2.45, 2.75) is 26.8 Å². The van der Waals surface area contributed by atoms with E-state index >= 15 is 0 Å². The van der Waals surface area contributed by atoms with E-state index in [0.717, 1.165) is 23.5 Å². The van der Waals surface area contributed by atoms with E-state index < -0.39 is 0 Å². The van der Waals surface area contributed by atoms with Gasteiger partial charge in [-0.25, -0.2) is 9.67 Å². The van der Waals surface area contributed by atoms with Gasteiger partial charge < -0.3 is 14.8 Å². The Morgan fingerprint density at radius 2 is 2.00 bits per heavy atom. The first-order valence-electron chi connectivity index (χ1n) is 7.70. The molecule has 7 nitrogen and oxygen atoms in total. The number of nitrogens with zero attached hydrogens (tertiary/aromatic N) is 3. The summed E-state index contributed by atoms with van der Waals surface area (Å²) in [7, 11) is 0. The third-order valence-electron chi connectivity index (χ3n) is 3.12. The summed E-state index contributed by atoms with van der Waals surface area (Å²) in [5, 5.41) is 6.76. The summed E-state index contributed by atoms with van der Waals surface area (Å²) < 4.78 is 12.6. The molecule has 0 unspecified atom stereocenters. The first-order chi connectivity index (χ1) is 11.2. The summed E-state index contributed by atoms with van der Waals surface area (Å²) in [6.45, 7) is 5.78. The highest BCUT2D eigenvalue weighted by atomic mass is 16.5. The predicted molar refractivity (Wildman–Crippen MR) is 85.5 cm³/mol. The van der Waals surface area contributed by atoms with E-state index in [4.69, 9.17) is 9.47 Å². The highest BCUT2D eigenvalue weighted by Gasteiger charge is 2.07. The van der Waals surface area contributed by atoms with Gasteiger partial charge in [0.1, 0.15) is 19.2 Å². The number of benzene rings is 1. The minimum absolute atomic E-state index is 0.0912. The number of hydrogen-bond donors (Lipinski definition) is 1. The quantitative estimate of drug-likeness (QED) is 0.757. The Hall–Kier alpha value is -2.57. The fourth-order valence-electron chi connectivity index (χ4n) is 2.11. The van der Waals surface area contributed by atoms with Gasteiger partial charge in [0.2, 0.25) is 5.91 Å². The van der Waals surface area contributed by atoms with E-state index in [1.54, 1.807) is 0 Å². The van der Waals surface area contributed by atoms with Gasteiger partial charge in [-0.3, -0.25) is 4.79 Å². The van der Waals surface area contributed by atoms with Crippen molar-refractivity contribution in [3.05, 3.63) is 36.4 Å². The minimum Gasteiger partial charge on any atom is -0.490 e. The molecule has 1 N–H and O–H groups in total. The lowest BCUT2D eigenvalue weighted by atomic mass is 10.1. The highest BCUT2D eigenvalue weighted by molar-refractivity contribution is 5.75. The second kappa shape index (κ2) is 8.77. The molecule has 0 fully saturated rings. The maximum atomic E-state index is 11.8. The topological polar surface area (TPSA) is 78.3 Å². The summed E-state index contributed by atoms with van der Waals surface area (Å²) in [5.41, 5.74) is 1.08. The second-order valence-corrected chi connectivity index (χ2v) is 4.84. The number of carbonyl (C=O) groups is 1. The van der Waals surface area contributed by atoms with E-state index in [-0.39, 0.29) is 12.5 Å². The molecule has 7 heteroatoms. The molecule has 2 aromatic rings. The van der Waals surface area contributed by atoms with E-state index in [9.17, 15) is 4.79 Å². The van der Waals surface area contributed by atoms with Gasteiger partial charge in [-0.2, -0.15) is 5.10 Å². The fraction of sp³-hybridized carbons (Fsp3) is 0.438. The predicted octanol–water partition coefficient (Wildman–Crippen LogP) is 1.43. The lowest BCUT2D eigenvalue weighted by Gasteiger charge is -2.12. The number of rotatable bonds is 9. The Labute approximate surface area is 135 Å². The van der Waals surface area contributed by atoms with Crippen LogP contribution in [-0.4, -0.2) is 40.4 Å². The van der Waals surface area contributed by atoms with Crippen LogP contribution in [0.5, 0.6) is 11.5 Å². The molecule has 0 atom stereocenters. The molecule has 124 valence electrons. The zero-order chi connectivity index (χ0) is 16.5. The Bertz CT molecular complexity index is 614. The molecule has 1 amide bonds. The molecule has 23 heavy (non-hydrogen) atoms. The lowest BCUT2D eigenvalue weighted by Crippen LogP contribution is -2.29. The van der Waals surface area contributed by atoms with Crippen LogP contribution in [0.4, 0.5) is 0 Å². The minimum atomic E-state index is -0.0912. The van der Waals surface area contributed by atoms with Crippen LogP contribution in [0.3, 0.4) is 0 Å². The number of aromatic nitrogens is 3. The zero-order valence-corrected chi connectivity index (χ0v) is 13.5. The first-order valence-corrected chi connectivity index (χ1v) is 7.70. The third kappa shape index (κ3) is 5.28. The molecule has 0 radical (unpaired) electrons. The molecule has 0 aliphatic carbocycles. The monoisotopic (exact) mass is 318 g/mol. The van der Waals surface area contributed by atoms with E-state index in [2.05, 4.69) is 15.4 Å². The van der Waals surface area contributed by atoms with Gasteiger partial charge in [0.25, 0.3) is 0 Å². The maximum Gasteiger partial charge on any atom is 0.241 e.